The minimum atomic E-state index is 0.222. The summed E-state index contributed by atoms with van der Waals surface area (Å²) in [6.45, 7) is 6.30. The number of ether oxygens (including phenoxy) is 1. The van der Waals surface area contributed by atoms with Gasteiger partial charge in [-0.25, -0.2) is 0 Å². The van der Waals surface area contributed by atoms with E-state index in [9.17, 15) is 4.79 Å². The second-order valence-corrected chi connectivity index (χ2v) is 3.92. The molecule has 2 heteroatoms. The molecule has 0 unspecified atom stereocenters. The lowest BCUT2D eigenvalue weighted by atomic mass is 10.1. The highest BCUT2D eigenvalue weighted by atomic mass is 16.5. The van der Waals surface area contributed by atoms with Gasteiger partial charge in [0.05, 0.1) is 6.61 Å². The summed E-state index contributed by atoms with van der Waals surface area (Å²) < 4.78 is 5.62. The molecule has 1 rings (SSSR count). The van der Waals surface area contributed by atoms with E-state index in [-0.39, 0.29) is 5.78 Å². The molecule has 0 fully saturated rings. The third kappa shape index (κ3) is 4.15. The predicted octanol–water partition coefficient (Wildman–Crippen LogP) is 3.05. The lowest BCUT2D eigenvalue weighted by molar-refractivity contribution is -0.117. The zero-order chi connectivity index (χ0) is 11.3. The standard InChI is InChI=1S/C13H18O2/c1-10-6-7-11(2)13(9-10)15-8-4-5-12(3)14/h6-7,9H,4-5,8H2,1-3H3. The van der Waals surface area contributed by atoms with Crippen LogP contribution in [0.5, 0.6) is 5.75 Å². The summed E-state index contributed by atoms with van der Waals surface area (Å²) in [7, 11) is 0. The third-order valence-electron chi connectivity index (χ3n) is 2.27. The summed E-state index contributed by atoms with van der Waals surface area (Å²) in [6.07, 6.45) is 1.40. The van der Waals surface area contributed by atoms with Crippen molar-refractivity contribution in [2.24, 2.45) is 0 Å². The molecule has 0 aromatic heterocycles. The van der Waals surface area contributed by atoms with Crippen LogP contribution in [0.1, 0.15) is 30.9 Å². The van der Waals surface area contributed by atoms with E-state index >= 15 is 0 Å². The first kappa shape index (κ1) is 11.8. The Morgan fingerprint density at radius 2 is 2.07 bits per heavy atom. The zero-order valence-corrected chi connectivity index (χ0v) is 9.67. The average Bonchev–Trinajstić information content (AvgIpc) is 2.17. The number of carbonyl (C=O) groups is 1. The van der Waals surface area contributed by atoms with Gasteiger partial charge in [0.25, 0.3) is 0 Å². The van der Waals surface area contributed by atoms with Crippen molar-refractivity contribution in [2.45, 2.75) is 33.6 Å². The van der Waals surface area contributed by atoms with Gasteiger partial charge in [0.15, 0.2) is 0 Å². The highest BCUT2D eigenvalue weighted by molar-refractivity contribution is 5.75. The Kier molecular flexibility index (Phi) is 4.35. The van der Waals surface area contributed by atoms with Gasteiger partial charge < -0.3 is 9.53 Å². The molecular weight excluding hydrogens is 188 g/mol. The summed E-state index contributed by atoms with van der Waals surface area (Å²) in [4.78, 5) is 10.7. The Balaban J connectivity index is 2.43. The van der Waals surface area contributed by atoms with Crippen molar-refractivity contribution in [3.05, 3.63) is 29.3 Å². The van der Waals surface area contributed by atoms with Crippen LogP contribution in [0.15, 0.2) is 18.2 Å². The maximum absolute atomic E-state index is 10.7. The maximum atomic E-state index is 10.7. The van der Waals surface area contributed by atoms with E-state index in [2.05, 4.69) is 12.1 Å². The monoisotopic (exact) mass is 206 g/mol. The molecule has 0 saturated carbocycles. The number of ketones is 1. The molecule has 0 aliphatic carbocycles. The number of hydrogen-bond acceptors (Lipinski definition) is 2. The Morgan fingerprint density at radius 1 is 1.33 bits per heavy atom. The quantitative estimate of drug-likeness (QED) is 0.692. The van der Waals surface area contributed by atoms with E-state index in [1.807, 2.05) is 19.9 Å². The summed E-state index contributed by atoms with van der Waals surface area (Å²) >= 11 is 0. The molecule has 0 aliphatic heterocycles. The highest BCUT2D eigenvalue weighted by Crippen LogP contribution is 2.19. The molecular formula is C13H18O2. The van der Waals surface area contributed by atoms with Gasteiger partial charge in [0, 0.05) is 6.42 Å². The third-order valence-corrected chi connectivity index (χ3v) is 2.27. The van der Waals surface area contributed by atoms with Crippen LogP contribution in [0.3, 0.4) is 0 Å². The first-order valence-corrected chi connectivity index (χ1v) is 5.29. The first-order valence-electron chi connectivity index (χ1n) is 5.29. The fourth-order valence-corrected chi connectivity index (χ4v) is 1.37. The number of aryl methyl sites for hydroxylation is 2. The summed E-state index contributed by atoms with van der Waals surface area (Å²) in [5, 5.41) is 0. The molecule has 2 nitrogen and oxygen atoms in total. The van der Waals surface area contributed by atoms with Gasteiger partial charge in [-0.3, -0.25) is 0 Å². The second kappa shape index (κ2) is 5.54. The topological polar surface area (TPSA) is 26.3 Å². The van der Waals surface area contributed by atoms with E-state index in [0.29, 0.717) is 13.0 Å². The van der Waals surface area contributed by atoms with Crippen LogP contribution in [0.2, 0.25) is 0 Å². The van der Waals surface area contributed by atoms with Crippen molar-refractivity contribution in [3.63, 3.8) is 0 Å². The SMILES string of the molecule is CC(=O)CCCOc1cc(C)ccc1C. The number of rotatable bonds is 5. The molecule has 0 amide bonds. The van der Waals surface area contributed by atoms with Crippen molar-refractivity contribution in [3.8, 4) is 5.75 Å². The van der Waals surface area contributed by atoms with Gasteiger partial charge in [-0.05, 0) is 44.4 Å². The van der Waals surface area contributed by atoms with Crippen LogP contribution in [0.25, 0.3) is 0 Å². The largest absolute Gasteiger partial charge is 0.493 e. The molecule has 0 heterocycles. The normalized spacial score (nSPS) is 10.1. The molecule has 0 saturated heterocycles. The minimum Gasteiger partial charge on any atom is -0.493 e. The Labute approximate surface area is 91.3 Å². The summed E-state index contributed by atoms with van der Waals surface area (Å²) in [5.74, 6) is 1.15. The fraction of sp³-hybridized carbons (Fsp3) is 0.462. The lowest BCUT2D eigenvalue weighted by Gasteiger charge is -2.09. The molecule has 0 spiro atoms. The summed E-state index contributed by atoms with van der Waals surface area (Å²) in [6, 6.07) is 6.15. The molecule has 0 bridgehead atoms. The minimum absolute atomic E-state index is 0.222. The molecule has 1 aromatic carbocycles. The van der Waals surface area contributed by atoms with E-state index < -0.39 is 0 Å². The second-order valence-electron chi connectivity index (χ2n) is 3.92. The average molecular weight is 206 g/mol. The smallest absolute Gasteiger partial charge is 0.129 e. The van der Waals surface area contributed by atoms with Crippen molar-refractivity contribution >= 4 is 5.78 Å². The molecule has 0 N–H and O–H groups in total. The Morgan fingerprint density at radius 3 is 2.73 bits per heavy atom. The van der Waals surface area contributed by atoms with Crippen LogP contribution in [0, 0.1) is 13.8 Å². The molecule has 0 aliphatic rings. The Bertz CT molecular complexity index is 342. The van der Waals surface area contributed by atoms with Crippen molar-refractivity contribution in [1.29, 1.82) is 0 Å². The number of Topliss-reactive ketones (excluding diaryl/α,β-unsaturated/α-hetero) is 1. The van der Waals surface area contributed by atoms with E-state index in [4.69, 9.17) is 4.74 Å². The van der Waals surface area contributed by atoms with Crippen molar-refractivity contribution in [2.75, 3.05) is 6.61 Å². The van der Waals surface area contributed by atoms with E-state index in [1.54, 1.807) is 6.92 Å². The number of benzene rings is 1. The van der Waals surface area contributed by atoms with Crippen LogP contribution in [-0.2, 0) is 4.79 Å². The van der Waals surface area contributed by atoms with Crippen molar-refractivity contribution < 1.29 is 9.53 Å². The lowest BCUT2D eigenvalue weighted by Crippen LogP contribution is -2.01. The van der Waals surface area contributed by atoms with Crippen molar-refractivity contribution in [1.82, 2.24) is 0 Å². The van der Waals surface area contributed by atoms with Crippen LogP contribution in [-0.4, -0.2) is 12.4 Å². The van der Waals surface area contributed by atoms with E-state index in [0.717, 1.165) is 17.7 Å². The summed E-state index contributed by atoms with van der Waals surface area (Å²) in [5.41, 5.74) is 2.34. The van der Waals surface area contributed by atoms with Gasteiger partial charge in [0.2, 0.25) is 0 Å². The van der Waals surface area contributed by atoms with Gasteiger partial charge in [-0.1, -0.05) is 12.1 Å². The van der Waals surface area contributed by atoms with Gasteiger partial charge in [-0.2, -0.15) is 0 Å². The van der Waals surface area contributed by atoms with Crippen LogP contribution >= 0.6 is 0 Å². The first-order chi connectivity index (χ1) is 7.09. The Hall–Kier alpha value is -1.31. The number of carbonyl (C=O) groups excluding carboxylic acids is 1. The van der Waals surface area contributed by atoms with Gasteiger partial charge in [0.1, 0.15) is 11.5 Å². The van der Waals surface area contributed by atoms with Crippen LogP contribution in [0.4, 0.5) is 0 Å². The molecule has 0 atom stereocenters. The van der Waals surface area contributed by atoms with Gasteiger partial charge in [-0.15, -0.1) is 0 Å². The number of hydrogen-bond donors (Lipinski definition) is 0. The molecule has 15 heavy (non-hydrogen) atoms. The zero-order valence-electron chi connectivity index (χ0n) is 9.67. The van der Waals surface area contributed by atoms with Gasteiger partial charge >= 0.3 is 0 Å². The van der Waals surface area contributed by atoms with E-state index in [1.165, 1.54) is 5.56 Å². The maximum Gasteiger partial charge on any atom is 0.129 e. The molecule has 0 radical (unpaired) electrons. The molecule has 82 valence electrons. The van der Waals surface area contributed by atoms with Crippen LogP contribution < -0.4 is 4.74 Å². The molecule has 1 aromatic rings. The predicted molar refractivity (Wildman–Crippen MR) is 61.3 cm³/mol. The fourth-order valence-electron chi connectivity index (χ4n) is 1.37. The highest BCUT2D eigenvalue weighted by Gasteiger charge is 2.00.